The Hall–Kier alpha value is -2.59. The molecular formula is C20H17ClO4. The highest BCUT2D eigenvalue weighted by Gasteiger charge is 2.12. The summed E-state index contributed by atoms with van der Waals surface area (Å²) in [6, 6.07) is 12.2. The molecule has 0 saturated carbocycles. The SMILES string of the molecule is Cc1ccc2c(COC(=O)Cc3ccc(Cl)cc3)cc(=O)oc2c1C. The van der Waals surface area contributed by atoms with E-state index < -0.39 is 5.63 Å². The van der Waals surface area contributed by atoms with Crippen LogP contribution in [0.3, 0.4) is 0 Å². The molecule has 3 rings (SSSR count). The molecule has 0 bridgehead atoms. The van der Waals surface area contributed by atoms with E-state index in [2.05, 4.69) is 0 Å². The van der Waals surface area contributed by atoms with E-state index in [0.717, 1.165) is 22.1 Å². The van der Waals surface area contributed by atoms with Crippen LogP contribution in [0.1, 0.15) is 22.3 Å². The van der Waals surface area contributed by atoms with Crippen LogP contribution >= 0.6 is 11.6 Å². The molecule has 25 heavy (non-hydrogen) atoms. The fraction of sp³-hybridized carbons (Fsp3) is 0.200. The maximum Gasteiger partial charge on any atom is 0.336 e. The summed E-state index contributed by atoms with van der Waals surface area (Å²) >= 11 is 5.83. The Morgan fingerprint density at radius 3 is 2.56 bits per heavy atom. The van der Waals surface area contributed by atoms with Crippen molar-refractivity contribution in [1.82, 2.24) is 0 Å². The standard InChI is InChI=1S/C20H17ClO4/c1-12-3-8-17-15(10-19(23)25-20(17)13(12)2)11-24-18(22)9-14-4-6-16(21)7-5-14/h3-8,10H,9,11H2,1-2H3. The summed E-state index contributed by atoms with van der Waals surface area (Å²) < 4.78 is 10.7. The van der Waals surface area contributed by atoms with E-state index in [-0.39, 0.29) is 19.0 Å². The van der Waals surface area contributed by atoms with Gasteiger partial charge in [-0.3, -0.25) is 4.79 Å². The number of hydrogen-bond donors (Lipinski definition) is 0. The van der Waals surface area contributed by atoms with Gasteiger partial charge in [-0.15, -0.1) is 0 Å². The maximum atomic E-state index is 12.1. The number of ether oxygens (including phenoxy) is 1. The highest BCUT2D eigenvalue weighted by Crippen LogP contribution is 2.23. The quantitative estimate of drug-likeness (QED) is 0.515. The van der Waals surface area contributed by atoms with Crippen LogP contribution in [0.2, 0.25) is 5.02 Å². The Kier molecular flexibility index (Phi) is 4.91. The van der Waals surface area contributed by atoms with E-state index in [1.165, 1.54) is 6.07 Å². The minimum absolute atomic E-state index is 0.0248. The fourth-order valence-corrected chi connectivity index (χ4v) is 2.75. The van der Waals surface area contributed by atoms with E-state index in [4.69, 9.17) is 20.8 Å². The van der Waals surface area contributed by atoms with Crippen LogP contribution in [0.4, 0.5) is 0 Å². The molecule has 0 radical (unpaired) electrons. The van der Waals surface area contributed by atoms with Crippen LogP contribution in [-0.4, -0.2) is 5.97 Å². The van der Waals surface area contributed by atoms with Crippen molar-refractivity contribution >= 4 is 28.5 Å². The maximum absolute atomic E-state index is 12.1. The van der Waals surface area contributed by atoms with Gasteiger partial charge in [0.25, 0.3) is 0 Å². The third-order valence-electron chi connectivity index (χ3n) is 4.17. The average molecular weight is 357 g/mol. The number of esters is 1. The fourth-order valence-electron chi connectivity index (χ4n) is 2.62. The van der Waals surface area contributed by atoms with Crippen molar-refractivity contribution in [2.45, 2.75) is 26.9 Å². The summed E-state index contributed by atoms with van der Waals surface area (Å²) in [5.41, 5.74) is 3.48. The predicted molar refractivity (Wildman–Crippen MR) is 96.9 cm³/mol. The Morgan fingerprint density at radius 2 is 1.84 bits per heavy atom. The summed E-state index contributed by atoms with van der Waals surface area (Å²) in [6.07, 6.45) is 0.147. The lowest BCUT2D eigenvalue weighted by Crippen LogP contribution is -2.10. The molecule has 0 atom stereocenters. The molecule has 0 N–H and O–H groups in total. The van der Waals surface area contributed by atoms with E-state index in [1.54, 1.807) is 24.3 Å². The van der Waals surface area contributed by atoms with Crippen molar-refractivity contribution in [3.05, 3.63) is 80.2 Å². The van der Waals surface area contributed by atoms with Gasteiger partial charge in [0.2, 0.25) is 0 Å². The van der Waals surface area contributed by atoms with Gasteiger partial charge in [-0.25, -0.2) is 4.79 Å². The smallest absolute Gasteiger partial charge is 0.336 e. The Balaban J connectivity index is 1.79. The molecule has 128 valence electrons. The van der Waals surface area contributed by atoms with Crippen LogP contribution in [0.15, 0.2) is 51.7 Å². The van der Waals surface area contributed by atoms with Gasteiger partial charge in [-0.2, -0.15) is 0 Å². The van der Waals surface area contributed by atoms with E-state index >= 15 is 0 Å². The first-order chi connectivity index (χ1) is 11.9. The molecule has 0 aliphatic heterocycles. The number of hydrogen-bond acceptors (Lipinski definition) is 4. The second kappa shape index (κ2) is 7.11. The second-order valence-corrected chi connectivity index (χ2v) is 6.38. The lowest BCUT2D eigenvalue weighted by molar-refractivity contribution is -0.144. The summed E-state index contributed by atoms with van der Waals surface area (Å²) in [7, 11) is 0. The Labute approximate surface area is 150 Å². The van der Waals surface area contributed by atoms with Gasteiger partial charge >= 0.3 is 11.6 Å². The lowest BCUT2D eigenvalue weighted by atomic mass is 10.0. The molecule has 0 fully saturated rings. The minimum Gasteiger partial charge on any atom is -0.461 e. The Morgan fingerprint density at radius 1 is 1.12 bits per heavy atom. The third kappa shape index (κ3) is 3.91. The van der Waals surface area contributed by atoms with Crippen LogP contribution in [0.5, 0.6) is 0 Å². The van der Waals surface area contributed by atoms with Crippen molar-refractivity contribution in [3.8, 4) is 0 Å². The van der Waals surface area contributed by atoms with E-state index in [0.29, 0.717) is 16.2 Å². The summed E-state index contributed by atoms with van der Waals surface area (Å²) in [5, 5.41) is 1.40. The molecule has 2 aromatic carbocycles. The van der Waals surface area contributed by atoms with Crippen molar-refractivity contribution < 1.29 is 13.9 Å². The predicted octanol–water partition coefficient (Wildman–Crippen LogP) is 4.35. The first-order valence-corrected chi connectivity index (χ1v) is 8.25. The largest absolute Gasteiger partial charge is 0.461 e. The zero-order valence-electron chi connectivity index (χ0n) is 14.0. The number of carbonyl (C=O) groups is 1. The van der Waals surface area contributed by atoms with Gasteiger partial charge < -0.3 is 9.15 Å². The van der Waals surface area contributed by atoms with Crippen molar-refractivity contribution in [2.24, 2.45) is 0 Å². The number of rotatable bonds is 4. The van der Waals surface area contributed by atoms with Crippen molar-refractivity contribution in [3.63, 3.8) is 0 Å². The zero-order valence-corrected chi connectivity index (χ0v) is 14.7. The number of halogens is 1. The molecule has 0 aliphatic rings. The third-order valence-corrected chi connectivity index (χ3v) is 4.42. The normalized spacial score (nSPS) is 10.8. The first-order valence-electron chi connectivity index (χ1n) is 7.87. The minimum atomic E-state index is -0.454. The van der Waals surface area contributed by atoms with E-state index in [9.17, 15) is 9.59 Å². The summed E-state index contributed by atoms with van der Waals surface area (Å²) in [6.45, 7) is 3.88. The molecule has 0 amide bonds. The molecule has 1 heterocycles. The van der Waals surface area contributed by atoms with Crippen LogP contribution < -0.4 is 5.63 Å². The molecule has 5 heteroatoms. The lowest BCUT2D eigenvalue weighted by Gasteiger charge is -2.10. The molecule has 0 spiro atoms. The van der Waals surface area contributed by atoms with Gasteiger partial charge in [-0.1, -0.05) is 35.9 Å². The van der Waals surface area contributed by atoms with Gasteiger partial charge in [-0.05, 0) is 42.7 Å². The first kappa shape index (κ1) is 17.2. The highest BCUT2D eigenvalue weighted by atomic mass is 35.5. The van der Waals surface area contributed by atoms with Crippen LogP contribution in [-0.2, 0) is 22.6 Å². The topological polar surface area (TPSA) is 56.5 Å². The molecule has 3 aromatic rings. The number of benzene rings is 2. The van der Waals surface area contributed by atoms with Gasteiger partial charge in [0.15, 0.2) is 0 Å². The molecule has 1 aromatic heterocycles. The second-order valence-electron chi connectivity index (χ2n) is 5.94. The number of aryl methyl sites for hydroxylation is 2. The average Bonchev–Trinajstić information content (AvgIpc) is 2.58. The molecule has 0 saturated heterocycles. The molecule has 4 nitrogen and oxygen atoms in total. The van der Waals surface area contributed by atoms with Crippen LogP contribution in [0.25, 0.3) is 11.0 Å². The molecular weight excluding hydrogens is 340 g/mol. The highest BCUT2D eigenvalue weighted by molar-refractivity contribution is 6.30. The number of fused-ring (bicyclic) bond motifs is 1. The molecule has 0 unspecified atom stereocenters. The van der Waals surface area contributed by atoms with Crippen molar-refractivity contribution in [1.29, 1.82) is 0 Å². The van der Waals surface area contributed by atoms with E-state index in [1.807, 2.05) is 26.0 Å². The van der Waals surface area contributed by atoms with Crippen LogP contribution in [0, 0.1) is 13.8 Å². The van der Waals surface area contributed by atoms with Crippen molar-refractivity contribution in [2.75, 3.05) is 0 Å². The Bertz CT molecular complexity index is 987. The molecule has 0 aliphatic carbocycles. The summed E-state index contributed by atoms with van der Waals surface area (Å²) in [5.74, 6) is -0.368. The van der Waals surface area contributed by atoms with Gasteiger partial charge in [0, 0.05) is 22.0 Å². The van der Waals surface area contributed by atoms with Gasteiger partial charge in [0.05, 0.1) is 6.42 Å². The van der Waals surface area contributed by atoms with Gasteiger partial charge in [0.1, 0.15) is 12.2 Å². The zero-order chi connectivity index (χ0) is 18.0. The number of carbonyl (C=O) groups excluding carboxylic acids is 1. The summed E-state index contributed by atoms with van der Waals surface area (Å²) in [4.78, 5) is 23.9. The monoisotopic (exact) mass is 356 g/mol.